The van der Waals surface area contributed by atoms with Crippen molar-refractivity contribution in [3.63, 3.8) is 0 Å². The minimum atomic E-state index is -0.111. The van der Waals surface area contributed by atoms with Gasteiger partial charge in [0.15, 0.2) is 5.76 Å². The fourth-order valence-electron chi connectivity index (χ4n) is 4.18. The summed E-state index contributed by atoms with van der Waals surface area (Å²) < 4.78 is 5.84. The monoisotopic (exact) mass is 417 g/mol. The van der Waals surface area contributed by atoms with Gasteiger partial charge in [-0.1, -0.05) is 29.8 Å². The molecule has 0 radical (unpaired) electrons. The van der Waals surface area contributed by atoms with Crippen molar-refractivity contribution in [3.05, 3.63) is 59.9 Å². The molecule has 1 saturated carbocycles. The van der Waals surface area contributed by atoms with Crippen molar-refractivity contribution in [1.29, 1.82) is 0 Å². The minimum absolute atomic E-state index is 0.00166. The number of para-hydroxylation sites is 1. The molecule has 1 saturated heterocycles. The Bertz CT molecular complexity index is 1110. The third-order valence-corrected chi connectivity index (χ3v) is 6.17. The van der Waals surface area contributed by atoms with Crippen LogP contribution in [0.2, 0.25) is 0 Å². The standard InChI is InChI=1S/C25H27N3O3/c1-17-6-10-19(11-7-17)28-14-12-27(13-15-28)16-22(29)26-23-20-4-2-3-5-21(20)31-25(23)24(30)18-8-9-18/h2-7,10-11,18H,8-9,12-16H2,1H3,(H,26,29). The van der Waals surface area contributed by atoms with Gasteiger partial charge in [0.25, 0.3) is 0 Å². The van der Waals surface area contributed by atoms with Crippen LogP contribution in [0.5, 0.6) is 0 Å². The number of amides is 1. The Kier molecular flexibility index (Phi) is 5.24. The number of rotatable bonds is 6. The van der Waals surface area contributed by atoms with Crippen LogP contribution in [0.3, 0.4) is 0 Å². The molecule has 6 heteroatoms. The average molecular weight is 418 g/mol. The zero-order valence-corrected chi connectivity index (χ0v) is 17.8. The number of hydrogen-bond acceptors (Lipinski definition) is 5. The topological polar surface area (TPSA) is 65.8 Å². The molecular weight excluding hydrogens is 390 g/mol. The van der Waals surface area contributed by atoms with Crippen LogP contribution in [0.25, 0.3) is 11.0 Å². The van der Waals surface area contributed by atoms with Gasteiger partial charge in [-0.05, 0) is 44.0 Å². The Morgan fingerprint density at radius 2 is 1.71 bits per heavy atom. The number of anilines is 2. The highest BCUT2D eigenvalue weighted by atomic mass is 16.3. The second kappa shape index (κ2) is 8.19. The predicted octanol–water partition coefficient (Wildman–Crippen LogP) is 4.09. The van der Waals surface area contributed by atoms with Gasteiger partial charge in [-0.2, -0.15) is 0 Å². The SMILES string of the molecule is Cc1ccc(N2CCN(CC(=O)Nc3c(C(=O)C4CC4)oc4ccccc34)CC2)cc1. The van der Waals surface area contributed by atoms with Gasteiger partial charge in [0, 0.05) is 43.2 Å². The smallest absolute Gasteiger partial charge is 0.238 e. The predicted molar refractivity (Wildman–Crippen MR) is 122 cm³/mol. The molecule has 31 heavy (non-hydrogen) atoms. The van der Waals surface area contributed by atoms with E-state index in [1.54, 1.807) is 0 Å². The van der Waals surface area contributed by atoms with Gasteiger partial charge in [0.1, 0.15) is 5.58 Å². The number of nitrogens with zero attached hydrogens (tertiary/aromatic N) is 2. The fraction of sp³-hybridized carbons (Fsp3) is 0.360. The van der Waals surface area contributed by atoms with Gasteiger partial charge < -0.3 is 14.6 Å². The molecule has 1 aliphatic carbocycles. The Balaban J connectivity index is 1.24. The van der Waals surface area contributed by atoms with Crippen LogP contribution in [-0.4, -0.2) is 49.3 Å². The van der Waals surface area contributed by atoms with E-state index >= 15 is 0 Å². The molecule has 1 amide bonds. The largest absolute Gasteiger partial charge is 0.451 e. The van der Waals surface area contributed by atoms with Crippen molar-refractivity contribution < 1.29 is 14.0 Å². The summed E-state index contributed by atoms with van der Waals surface area (Å²) in [6.45, 7) is 5.81. The van der Waals surface area contributed by atoms with E-state index in [-0.39, 0.29) is 17.6 Å². The molecule has 0 bridgehead atoms. The number of carbonyl (C=O) groups is 2. The number of piperazine rings is 1. The number of carbonyl (C=O) groups excluding carboxylic acids is 2. The number of furan rings is 1. The van der Waals surface area contributed by atoms with Crippen molar-refractivity contribution >= 4 is 34.0 Å². The molecule has 0 unspecified atom stereocenters. The van der Waals surface area contributed by atoms with E-state index in [1.165, 1.54) is 11.3 Å². The number of nitrogens with one attached hydrogen (secondary N) is 1. The second-order valence-electron chi connectivity index (χ2n) is 8.59. The maximum atomic E-state index is 12.9. The maximum absolute atomic E-state index is 12.9. The van der Waals surface area contributed by atoms with Gasteiger partial charge in [-0.3, -0.25) is 14.5 Å². The van der Waals surface area contributed by atoms with Crippen LogP contribution in [0.1, 0.15) is 29.0 Å². The van der Waals surface area contributed by atoms with Gasteiger partial charge in [-0.15, -0.1) is 0 Å². The number of hydrogen-bond donors (Lipinski definition) is 1. The molecule has 3 aromatic rings. The third-order valence-electron chi connectivity index (χ3n) is 6.17. The summed E-state index contributed by atoms with van der Waals surface area (Å²) in [6, 6.07) is 16.0. The van der Waals surface area contributed by atoms with Crippen LogP contribution in [0.4, 0.5) is 11.4 Å². The van der Waals surface area contributed by atoms with E-state index in [4.69, 9.17) is 4.42 Å². The Morgan fingerprint density at radius 3 is 2.42 bits per heavy atom. The first kappa shape index (κ1) is 19.8. The van der Waals surface area contributed by atoms with Crippen LogP contribution in [0.15, 0.2) is 52.9 Å². The van der Waals surface area contributed by atoms with Crippen molar-refractivity contribution in [3.8, 4) is 0 Å². The summed E-state index contributed by atoms with van der Waals surface area (Å²) in [5.41, 5.74) is 3.64. The normalized spacial score (nSPS) is 17.1. The Labute approximate surface area is 181 Å². The molecule has 1 aliphatic heterocycles. The maximum Gasteiger partial charge on any atom is 0.238 e. The zero-order valence-electron chi connectivity index (χ0n) is 17.8. The Hall–Kier alpha value is -3.12. The summed E-state index contributed by atoms with van der Waals surface area (Å²) in [7, 11) is 0. The van der Waals surface area contributed by atoms with Crippen molar-refractivity contribution in [2.45, 2.75) is 19.8 Å². The second-order valence-corrected chi connectivity index (χ2v) is 8.59. The summed E-state index contributed by atoms with van der Waals surface area (Å²) in [6.07, 6.45) is 1.79. The molecule has 2 heterocycles. The van der Waals surface area contributed by atoms with E-state index < -0.39 is 0 Å². The number of Topliss-reactive ketones (excluding diaryl/α,β-unsaturated/α-hetero) is 1. The summed E-state index contributed by atoms with van der Waals surface area (Å²) >= 11 is 0. The molecule has 0 atom stereocenters. The lowest BCUT2D eigenvalue weighted by Gasteiger charge is -2.35. The first-order valence-electron chi connectivity index (χ1n) is 11.0. The first-order chi connectivity index (χ1) is 15.1. The van der Waals surface area contributed by atoms with E-state index in [1.807, 2.05) is 24.3 Å². The van der Waals surface area contributed by atoms with Crippen LogP contribution >= 0.6 is 0 Å². The lowest BCUT2D eigenvalue weighted by molar-refractivity contribution is -0.117. The van der Waals surface area contributed by atoms with Gasteiger partial charge in [0.05, 0.1) is 12.2 Å². The molecule has 2 fully saturated rings. The quantitative estimate of drug-likeness (QED) is 0.612. The van der Waals surface area contributed by atoms with Gasteiger partial charge in [-0.25, -0.2) is 0 Å². The van der Waals surface area contributed by atoms with Crippen molar-refractivity contribution in [2.75, 3.05) is 42.9 Å². The number of aryl methyl sites for hydroxylation is 1. The summed E-state index contributed by atoms with van der Waals surface area (Å²) in [5, 5.41) is 3.77. The molecule has 1 aromatic heterocycles. The molecular formula is C25H27N3O3. The Morgan fingerprint density at radius 1 is 1.00 bits per heavy atom. The molecule has 0 spiro atoms. The lowest BCUT2D eigenvalue weighted by Crippen LogP contribution is -2.48. The number of fused-ring (bicyclic) bond motifs is 1. The molecule has 5 rings (SSSR count). The minimum Gasteiger partial charge on any atom is -0.451 e. The van der Waals surface area contributed by atoms with Gasteiger partial charge in [0.2, 0.25) is 11.7 Å². The number of ketones is 1. The number of benzene rings is 2. The molecule has 1 N–H and O–H groups in total. The first-order valence-corrected chi connectivity index (χ1v) is 11.0. The highest BCUT2D eigenvalue weighted by Crippen LogP contribution is 2.38. The molecule has 2 aromatic carbocycles. The van der Waals surface area contributed by atoms with Crippen LogP contribution in [-0.2, 0) is 4.79 Å². The average Bonchev–Trinajstić information content (AvgIpc) is 3.57. The summed E-state index contributed by atoms with van der Waals surface area (Å²) in [4.78, 5) is 30.1. The van der Waals surface area contributed by atoms with Gasteiger partial charge >= 0.3 is 0 Å². The van der Waals surface area contributed by atoms with Crippen molar-refractivity contribution in [1.82, 2.24) is 4.90 Å². The van der Waals surface area contributed by atoms with Crippen LogP contribution in [0, 0.1) is 12.8 Å². The molecule has 2 aliphatic rings. The lowest BCUT2D eigenvalue weighted by atomic mass is 10.1. The van der Waals surface area contributed by atoms with E-state index in [2.05, 4.69) is 46.3 Å². The van der Waals surface area contributed by atoms with Crippen molar-refractivity contribution in [2.24, 2.45) is 5.92 Å². The fourth-order valence-corrected chi connectivity index (χ4v) is 4.18. The summed E-state index contributed by atoms with van der Waals surface area (Å²) in [5.74, 6) is 0.214. The zero-order chi connectivity index (χ0) is 21.4. The van der Waals surface area contributed by atoms with E-state index in [9.17, 15) is 9.59 Å². The van der Waals surface area contributed by atoms with E-state index in [0.29, 0.717) is 23.6 Å². The highest BCUT2D eigenvalue weighted by molar-refractivity contribution is 6.12. The highest BCUT2D eigenvalue weighted by Gasteiger charge is 2.35. The molecule has 6 nitrogen and oxygen atoms in total. The third kappa shape index (κ3) is 4.21. The van der Waals surface area contributed by atoms with E-state index in [0.717, 1.165) is 44.4 Å². The molecule has 160 valence electrons. The van der Waals surface area contributed by atoms with Crippen LogP contribution < -0.4 is 10.2 Å².